The zero-order valence-corrected chi connectivity index (χ0v) is 8.91. The summed E-state index contributed by atoms with van der Waals surface area (Å²) < 4.78 is 0.799. The molecular weight excluding hydrogens is 232 g/mol. The van der Waals surface area contributed by atoms with Crippen LogP contribution in [0, 0.1) is 0 Å². The highest BCUT2D eigenvalue weighted by molar-refractivity contribution is 9.11. The second-order valence-corrected chi connectivity index (χ2v) is 3.22. The Labute approximate surface area is 86.1 Å². The zero-order chi connectivity index (χ0) is 10.3. The van der Waals surface area contributed by atoms with Crippen molar-refractivity contribution in [2.75, 3.05) is 0 Å². The summed E-state index contributed by atoms with van der Waals surface area (Å²) >= 11 is 3.25. The number of rotatable bonds is 4. The van der Waals surface area contributed by atoms with Gasteiger partial charge in [-0.1, -0.05) is 40.7 Å². The predicted octanol–water partition coefficient (Wildman–Crippen LogP) is 3.04. The van der Waals surface area contributed by atoms with E-state index in [2.05, 4.69) is 22.5 Å². The molecular formula is C10H11BrO2. The van der Waals surface area contributed by atoms with Crippen LogP contribution >= 0.6 is 15.9 Å². The first-order valence-electron chi connectivity index (χ1n) is 3.64. The number of carbonyl (C=O) groups is 1. The van der Waals surface area contributed by atoms with Crippen LogP contribution in [0.15, 0.2) is 47.0 Å². The standard InChI is InChI=1S/C10H11BrO2/c1-3-4-5-9(11)7-6-8(2)10(12)13/h3-7H,1H2,2H3,(H,12,13). The van der Waals surface area contributed by atoms with Crippen LogP contribution < -0.4 is 0 Å². The smallest absolute Gasteiger partial charge is 0.331 e. The number of aliphatic carboxylic acids is 1. The molecule has 0 aliphatic heterocycles. The summed E-state index contributed by atoms with van der Waals surface area (Å²) in [6.07, 6.45) is 8.37. The Balaban J connectivity index is 4.41. The molecule has 0 aliphatic carbocycles. The summed E-state index contributed by atoms with van der Waals surface area (Å²) in [6.45, 7) is 5.05. The van der Waals surface area contributed by atoms with Crippen LogP contribution in [-0.4, -0.2) is 11.1 Å². The quantitative estimate of drug-likeness (QED) is 0.608. The average molecular weight is 243 g/mol. The van der Waals surface area contributed by atoms with Crippen LogP contribution in [0.4, 0.5) is 0 Å². The van der Waals surface area contributed by atoms with Crippen LogP contribution in [0.1, 0.15) is 6.92 Å². The summed E-state index contributed by atoms with van der Waals surface area (Å²) in [5.74, 6) is -0.913. The molecule has 0 amide bonds. The zero-order valence-electron chi connectivity index (χ0n) is 7.33. The Morgan fingerprint density at radius 2 is 2.08 bits per heavy atom. The molecule has 1 N–H and O–H groups in total. The normalized spacial score (nSPS) is 13.4. The largest absolute Gasteiger partial charge is 0.478 e. The van der Waals surface area contributed by atoms with Crippen molar-refractivity contribution in [1.29, 1.82) is 0 Å². The third-order valence-corrected chi connectivity index (χ3v) is 1.75. The van der Waals surface area contributed by atoms with Gasteiger partial charge >= 0.3 is 5.97 Å². The predicted molar refractivity (Wildman–Crippen MR) is 57.7 cm³/mol. The highest BCUT2D eigenvalue weighted by atomic mass is 79.9. The van der Waals surface area contributed by atoms with E-state index in [-0.39, 0.29) is 0 Å². The molecule has 0 bridgehead atoms. The topological polar surface area (TPSA) is 37.3 Å². The summed E-state index contributed by atoms with van der Waals surface area (Å²) in [5.41, 5.74) is 0.295. The monoisotopic (exact) mass is 242 g/mol. The van der Waals surface area contributed by atoms with Crippen molar-refractivity contribution in [3.05, 3.63) is 47.0 Å². The van der Waals surface area contributed by atoms with Crippen molar-refractivity contribution >= 4 is 21.9 Å². The summed E-state index contributed by atoms with van der Waals surface area (Å²) in [6, 6.07) is 0. The first-order chi connectivity index (χ1) is 6.07. The van der Waals surface area contributed by atoms with E-state index in [1.807, 2.05) is 0 Å². The van der Waals surface area contributed by atoms with E-state index in [4.69, 9.17) is 5.11 Å². The van der Waals surface area contributed by atoms with Crippen LogP contribution in [-0.2, 0) is 4.79 Å². The average Bonchev–Trinajstić information content (AvgIpc) is 2.10. The fourth-order valence-electron chi connectivity index (χ4n) is 0.491. The summed E-state index contributed by atoms with van der Waals surface area (Å²) in [5, 5.41) is 8.52. The number of hydrogen-bond acceptors (Lipinski definition) is 1. The lowest BCUT2D eigenvalue weighted by molar-refractivity contribution is -0.132. The molecule has 0 unspecified atom stereocenters. The van der Waals surface area contributed by atoms with Gasteiger partial charge in [0.15, 0.2) is 0 Å². The van der Waals surface area contributed by atoms with Crippen molar-refractivity contribution in [1.82, 2.24) is 0 Å². The minimum atomic E-state index is -0.913. The second kappa shape index (κ2) is 6.43. The molecule has 0 aromatic rings. The number of halogens is 1. The van der Waals surface area contributed by atoms with Crippen LogP contribution in [0.25, 0.3) is 0 Å². The SMILES string of the molecule is C=CC=CC(Br)=CC=C(C)C(=O)O. The lowest BCUT2D eigenvalue weighted by Gasteiger charge is -1.89. The molecule has 13 heavy (non-hydrogen) atoms. The van der Waals surface area contributed by atoms with Crippen molar-refractivity contribution in [2.45, 2.75) is 6.92 Å². The molecule has 3 heteroatoms. The Kier molecular flexibility index (Phi) is 5.89. The highest BCUT2D eigenvalue weighted by Gasteiger charge is 1.95. The minimum absolute atomic E-state index is 0.295. The number of carboxylic acids is 1. The molecule has 0 radical (unpaired) electrons. The van der Waals surface area contributed by atoms with Gasteiger partial charge in [0.05, 0.1) is 0 Å². The van der Waals surface area contributed by atoms with Crippen LogP contribution in [0.3, 0.4) is 0 Å². The summed E-state index contributed by atoms with van der Waals surface area (Å²) in [7, 11) is 0. The van der Waals surface area contributed by atoms with Gasteiger partial charge < -0.3 is 5.11 Å². The molecule has 0 saturated heterocycles. The van der Waals surface area contributed by atoms with Crippen molar-refractivity contribution in [2.24, 2.45) is 0 Å². The molecule has 2 nitrogen and oxygen atoms in total. The Bertz CT molecular complexity index is 285. The Morgan fingerprint density at radius 1 is 1.46 bits per heavy atom. The molecule has 0 heterocycles. The maximum atomic E-state index is 10.4. The van der Waals surface area contributed by atoms with Gasteiger partial charge in [-0.15, -0.1) is 0 Å². The third-order valence-electron chi connectivity index (χ3n) is 1.22. The van der Waals surface area contributed by atoms with Crippen molar-refractivity contribution < 1.29 is 9.90 Å². The molecule has 0 spiro atoms. The lowest BCUT2D eigenvalue weighted by atomic mass is 10.3. The van der Waals surface area contributed by atoms with E-state index in [9.17, 15) is 4.79 Å². The number of carboxylic acid groups (broad SMARTS) is 1. The Hall–Kier alpha value is -1.09. The van der Waals surface area contributed by atoms with Gasteiger partial charge in [-0.25, -0.2) is 4.79 Å². The van der Waals surface area contributed by atoms with Crippen LogP contribution in [0.5, 0.6) is 0 Å². The van der Waals surface area contributed by atoms with E-state index in [0.717, 1.165) is 4.48 Å². The number of allylic oxidation sites excluding steroid dienone is 6. The molecule has 0 fully saturated rings. The van der Waals surface area contributed by atoms with Gasteiger partial charge in [-0.05, 0) is 19.1 Å². The Morgan fingerprint density at radius 3 is 2.54 bits per heavy atom. The third kappa shape index (κ3) is 6.11. The van der Waals surface area contributed by atoms with Crippen LogP contribution in [0.2, 0.25) is 0 Å². The van der Waals surface area contributed by atoms with E-state index in [1.54, 1.807) is 24.3 Å². The van der Waals surface area contributed by atoms with Gasteiger partial charge in [-0.3, -0.25) is 0 Å². The van der Waals surface area contributed by atoms with Gasteiger partial charge in [0, 0.05) is 10.1 Å². The van der Waals surface area contributed by atoms with E-state index < -0.39 is 5.97 Å². The molecule has 70 valence electrons. The fraction of sp³-hybridized carbons (Fsp3) is 0.100. The molecule has 0 rings (SSSR count). The maximum absolute atomic E-state index is 10.4. The fourth-order valence-corrected chi connectivity index (χ4v) is 0.776. The summed E-state index contributed by atoms with van der Waals surface area (Å²) in [4.78, 5) is 10.4. The first kappa shape index (κ1) is 11.9. The number of hydrogen-bond donors (Lipinski definition) is 1. The van der Waals surface area contributed by atoms with E-state index in [1.165, 1.54) is 13.0 Å². The van der Waals surface area contributed by atoms with Gasteiger partial charge in [0.25, 0.3) is 0 Å². The van der Waals surface area contributed by atoms with Crippen molar-refractivity contribution in [3.8, 4) is 0 Å². The van der Waals surface area contributed by atoms with E-state index in [0.29, 0.717) is 5.57 Å². The van der Waals surface area contributed by atoms with Gasteiger partial charge in [0.2, 0.25) is 0 Å². The molecule has 0 aromatic heterocycles. The van der Waals surface area contributed by atoms with E-state index >= 15 is 0 Å². The maximum Gasteiger partial charge on any atom is 0.331 e. The minimum Gasteiger partial charge on any atom is -0.478 e. The molecule has 0 saturated carbocycles. The van der Waals surface area contributed by atoms with Gasteiger partial charge in [0.1, 0.15) is 0 Å². The highest BCUT2D eigenvalue weighted by Crippen LogP contribution is 2.07. The lowest BCUT2D eigenvalue weighted by Crippen LogP contribution is -1.94. The molecule has 0 aromatic carbocycles. The van der Waals surface area contributed by atoms with Crippen molar-refractivity contribution in [3.63, 3.8) is 0 Å². The molecule has 0 aliphatic rings. The first-order valence-corrected chi connectivity index (χ1v) is 4.43. The van der Waals surface area contributed by atoms with Gasteiger partial charge in [-0.2, -0.15) is 0 Å². The second-order valence-electron chi connectivity index (χ2n) is 2.30. The molecule has 0 atom stereocenters.